The lowest BCUT2D eigenvalue weighted by Crippen LogP contribution is -1.79. The van der Waals surface area contributed by atoms with E-state index in [2.05, 4.69) is 26.1 Å². The van der Waals surface area contributed by atoms with Crippen LogP contribution < -0.4 is 0 Å². The summed E-state index contributed by atoms with van der Waals surface area (Å²) in [6, 6.07) is 3.01. The molecule has 2 N–H and O–H groups in total. The minimum absolute atomic E-state index is 0.114. The van der Waals surface area contributed by atoms with Crippen LogP contribution in [-0.2, 0) is 0 Å². The molecular formula is C8H5BrN2O2. The third-order valence-corrected chi connectivity index (χ3v) is 2.36. The van der Waals surface area contributed by atoms with Crippen molar-refractivity contribution >= 4 is 33.1 Å². The fourth-order valence-electron chi connectivity index (χ4n) is 1.19. The molecule has 13 heavy (non-hydrogen) atoms. The zero-order valence-corrected chi connectivity index (χ0v) is 8.00. The number of rotatable bonds is 1. The minimum Gasteiger partial charge on any atom is -0.508 e. The molecule has 0 bridgehead atoms. The van der Waals surface area contributed by atoms with Gasteiger partial charge in [-0.3, -0.25) is 9.89 Å². The molecule has 66 valence electrons. The van der Waals surface area contributed by atoms with Gasteiger partial charge in [0.1, 0.15) is 11.4 Å². The van der Waals surface area contributed by atoms with Crippen LogP contribution in [0.25, 0.3) is 10.9 Å². The number of aldehydes is 1. The van der Waals surface area contributed by atoms with Gasteiger partial charge >= 0.3 is 0 Å². The summed E-state index contributed by atoms with van der Waals surface area (Å²) in [7, 11) is 0. The summed E-state index contributed by atoms with van der Waals surface area (Å²) in [6.07, 6.45) is 0.692. The molecule has 2 aromatic rings. The number of phenols is 1. The summed E-state index contributed by atoms with van der Waals surface area (Å²) in [5, 5.41) is 16.3. The fourth-order valence-corrected chi connectivity index (χ4v) is 1.85. The van der Waals surface area contributed by atoms with Gasteiger partial charge in [-0.25, -0.2) is 0 Å². The number of hydrogen-bond acceptors (Lipinski definition) is 3. The lowest BCUT2D eigenvalue weighted by atomic mass is 10.2. The molecule has 0 spiro atoms. The zero-order valence-electron chi connectivity index (χ0n) is 6.41. The molecular weight excluding hydrogens is 236 g/mol. The molecule has 0 aliphatic rings. The average molecular weight is 241 g/mol. The Morgan fingerprint density at radius 2 is 2.31 bits per heavy atom. The summed E-state index contributed by atoms with van der Waals surface area (Å²) in [4.78, 5) is 10.6. The topological polar surface area (TPSA) is 66.0 Å². The summed E-state index contributed by atoms with van der Waals surface area (Å²) in [6.45, 7) is 0. The lowest BCUT2D eigenvalue weighted by molar-refractivity contribution is 0.112. The van der Waals surface area contributed by atoms with Crippen LogP contribution in [0.5, 0.6) is 5.75 Å². The highest BCUT2D eigenvalue weighted by Crippen LogP contribution is 2.29. The smallest absolute Gasteiger partial charge is 0.168 e. The molecule has 0 saturated heterocycles. The Hall–Kier alpha value is -1.36. The highest BCUT2D eigenvalue weighted by Gasteiger charge is 2.09. The van der Waals surface area contributed by atoms with E-state index in [9.17, 15) is 9.90 Å². The van der Waals surface area contributed by atoms with Gasteiger partial charge in [0.05, 0.1) is 5.52 Å². The van der Waals surface area contributed by atoms with Gasteiger partial charge in [0, 0.05) is 15.9 Å². The van der Waals surface area contributed by atoms with Crippen molar-refractivity contribution in [2.75, 3.05) is 0 Å². The van der Waals surface area contributed by atoms with E-state index in [1.165, 1.54) is 12.1 Å². The second-order valence-electron chi connectivity index (χ2n) is 2.58. The Labute approximate surface area is 81.7 Å². The van der Waals surface area contributed by atoms with Gasteiger partial charge in [0.25, 0.3) is 0 Å². The molecule has 1 aromatic heterocycles. The number of fused-ring (bicyclic) bond motifs is 1. The van der Waals surface area contributed by atoms with E-state index in [1.54, 1.807) is 0 Å². The third kappa shape index (κ3) is 1.21. The minimum atomic E-state index is 0.114. The van der Waals surface area contributed by atoms with Gasteiger partial charge in [0.2, 0.25) is 0 Å². The molecule has 1 aromatic carbocycles. The standard InChI is InChI=1S/C8H5BrN2O2/c9-5-1-4(13)2-6-8(5)7(3-12)11-10-6/h1-3,13H,(H,10,11). The summed E-state index contributed by atoms with van der Waals surface area (Å²) in [5.41, 5.74) is 0.968. The van der Waals surface area contributed by atoms with Gasteiger partial charge < -0.3 is 5.11 Å². The van der Waals surface area contributed by atoms with E-state index in [0.29, 0.717) is 27.4 Å². The quantitative estimate of drug-likeness (QED) is 0.748. The van der Waals surface area contributed by atoms with Gasteiger partial charge in [-0.15, -0.1) is 0 Å². The monoisotopic (exact) mass is 240 g/mol. The number of nitrogens with one attached hydrogen (secondary N) is 1. The van der Waals surface area contributed by atoms with Crippen molar-refractivity contribution in [1.82, 2.24) is 10.2 Å². The molecule has 0 atom stereocenters. The number of nitrogens with zero attached hydrogens (tertiary/aromatic N) is 1. The largest absolute Gasteiger partial charge is 0.508 e. The van der Waals surface area contributed by atoms with Gasteiger partial charge in [-0.05, 0) is 22.0 Å². The van der Waals surface area contributed by atoms with Crippen molar-refractivity contribution in [2.45, 2.75) is 0 Å². The highest BCUT2D eigenvalue weighted by molar-refractivity contribution is 9.10. The van der Waals surface area contributed by atoms with Crippen molar-refractivity contribution in [3.8, 4) is 5.75 Å². The maximum Gasteiger partial charge on any atom is 0.168 e. The van der Waals surface area contributed by atoms with Crippen LogP contribution in [0.15, 0.2) is 16.6 Å². The van der Waals surface area contributed by atoms with Crippen LogP contribution in [0.3, 0.4) is 0 Å². The Morgan fingerprint density at radius 1 is 1.54 bits per heavy atom. The van der Waals surface area contributed by atoms with E-state index in [0.717, 1.165) is 0 Å². The molecule has 0 radical (unpaired) electrons. The fraction of sp³-hybridized carbons (Fsp3) is 0. The normalized spacial score (nSPS) is 10.5. The van der Waals surface area contributed by atoms with Gasteiger partial charge in [-0.1, -0.05) is 0 Å². The van der Waals surface area contributed by atoms with Crippen LogP contribution in [-0.4, -0.2) is 21.6 Å². The SMILES string of the molecule is O=Cc1[nH]nc2cc(O)cc(Br)c12. The van der Waals surface area contributed by atoms with Crippen LogP contribution >= 0.6 is 15.9 Å². The first kappa shape index (κ1) is 8.25. The Morgan fingerprint density at radius 3 is 3.00 bits per heavy atom. The van der Waals surface area contributed by atoms with Crippen molar-refractivity contribution in [1.29, 1.82) is 0 Å². The number of aromatic nitrogens is 2. The second-order valence-corrected chi connectivity index (χ2v) is 3.43. The van der Waals surface area contributed by atoms with E-state index >= 15 is 0 Å². The molecule has 0 saturated carbocycles. The van der Waals surface area contributed by atoms with Crippen molar-refractivity contribution in [2.24, 2.45) is 0 Å². The molecule has 0 fully saturated rings. The number of aromatic hydroxyl groups is 1. The molecule has 5 heteroatoms. The molecule has 2 rings (SSSR count). The highest BCUT2D eigenvalue weighted by atomic mass is 79.9. The Kier molecular flexibility index (Phi) is 1.81. The maximum absolute atomic E-state index is 10.6. The summed E-state index contributed by atoms with van der Waals surface area (Å²) in [5.74, 6) is 0.114. The van der Waals surface area contributed by atoms with Crippen LogP contribution in [0, 0.1) is 0 Å². The first-order valence-electron chi connectivity index (χ1n) is 3.54. The van der Waals surface area contributed by atoms with E-state index in [4.69, 9.17) is 0 Å². The maximum atomic E-state index is 10.6. The first-order valence-corrected chi connectivity index (χ1v) is 4.33. The number of halogens is 1. The van der Waals surface area contributed by atoms with E-state index < -0.39 is 0 Å². The molecule has 0 aliphatic carbocycles. The molecule has 0 amide bonds. The number of hydrogen-bond donors (Lipinski definition) is 2. The van der Waals surface area contributed by atoms with Crippen LogP contribution in [0.4, 0.5) is 0 Å². The van der Waals surface area contributed by atoms with Crippen LogP contribution in [0.1, 0.15) is 10.5 Å². The number of carbonyl (C=O) groups excluding carboxylic acids is 1. The lowest BCUT2D eigenvalue weighted by Gasteiger charge is -1.95. The van der Waals surface area contributed by atoms with Gasteiger partial charge in [-0.2, -0.15) is 5.10 Å². The third-order valence-electron chi connectivity index (χ3n) is 1.74. The number of phenolic OH excluding ortho intramolecular Hbond substituents is 1. The van der Waals surface area contributed by atoms with Gasteiger partial charge in [0.15, 0.2) is 6.29 Å². The number of aromatic amines is 1. The predicted molar refractivity (Wildman–Crippen MR) is 50.8 cm³/mol. The average Bonchev–Trinajstić information content (AvgIpc) is 2.47. The number of benzene rings is 1. The predicted octanol–water partition coefficient (Wildman–Crippen LogP) is 1.84. The van der Waals surface area contributed by atoms with E-state index in [-0.39, 0.29) is 5.75 Å². The first-order chi connectivity index (χ1) is 6.22. The zero-order chi connectivity index (χ0) is 9.42. The van der Waals surface area contributed by atoms with Crippen LogP contribution in [0.2, 0.25) is 0 Å². The van der Waals surface area contributed by atoms with E-state index in [1.807, 2.05) is 0 Å². The van der Waals surface area contributed by atoms with Crippen molar-refractivity contribution in [3.63, 3.8) is 0 Å². The van der Waals surface area contributed by atoms with Crippen molar-refractivity contribution in [3.05, 3.63) is 22.3 Å². The second kappa shape index (κ2) is 2.85. The molecule has 4 nitrogen and oxygen atoms in total. The van der Waals surface area contributed by atoms with Crippen molar-refractivity contribution < 1.29 is 9.90 Å². The Bertz CT molecular complexity index is 478. The number of H-pyrrole nitrogens is 1. The Balaban J connectivity index is 2.89. The molecule has 1 heterocycles. The summed E-state index contributed by atoms with van der Waals surface area (Å²) < 4.78 is 0.651. The molecule has 0 aliphatic heterocycles. The molecule has 0 unspecified atom stereocenters. The summed E-state index contributed by atoms with van der Waals surface area (Å²) >= 11 is 3.24. The number of carbonyl (C=O) groups is 1.